The molecule has 0 unspecified atom stereocenters. The third kappa shape index (κ3) is 10.8. The smallest absolute Gasteiger partial charge is 0.324 e. The number of hydrogen-bond donors (Lipinski definition) is 2. The first-order valence-corrected chi connectivity index (χ1v) is 28.3. The third-order valence-electron chi connectivity index (χ3n) is 16.5. The van der Waals surface area contributed by atoms with Gasteiger partial charge in [-0.1, -0.05) is 33.8 Å². The molecule has 3 aromatic heterocycles. The molecule has 400 valence electrons. The van der Waals surface area contributed by atoms with Crippen molar-refractivity contribution in [3.05, 3.63) is 52.1 Å². The lowest BCUT2D eigenvalue weighted by molar-refractivity contribution is -0.164. The van der Waals surface area contributed by atoms with Crippen molar-refractivity contribution in [3.63, 3.8) is 0 Å². The maximum Gasteiger partial charge on any atom is 0.324 e. The fraction of sp³-hybridized carbons (Fsp3) is 0.661. The molecule has 5 saturated heterocycles. The van der Waals surface area contributed by atoms with Gasteiger partial charge in [0.1, 0.15) is 23.2 Å². The Balaban J connectivity index is 1.06. The van der Waals surface area contributed by atoms with Crippen LogP contribution < -0.4 is 15.6 Å². The number of esters is 1. The molecular weight excluding hydrogens is 959 g/mol. The number of fused-ring (bicyclic) bond motifs is 6. The summed E-state index contributed by atoms with van der Waals surface area (Å²) in [5.41, 5.74) is 10.6. The van der Waals surface area contributed by atoms with E-state index in [1.807, 2.05) is 13.1 Å². The van der Waals surface area contributed by atoms with E-state index in [0.29, 0.717) is 71.7 Å². The van der Waals surface area contributed by atoms with Crippen molar-refractivity contribution in [1.82, 2.24) is 40.1 Å². The van der Waals surface area contributed by atoms with E-state index in [9.17, 15) is 9.59 Å². The van der Waals surface area contributed by atoms with Crippen LogP contribution in [0.3, 0.4) is 0 Å². The highest BCUT2D eigenvalue weighted by Gasteiger charge is 2.49. The van der Waals surface area contributed by atoms with Crippen molar-refractivity contribution in [2.24, 2.45) is 10.8 Å². The SMILES string of the molecule is CO[C@@H](C)c1ncc(N2CCN(C3CC3)CC2)cc1-c1c2c3cc(ccc3n1CCOC1CCOCC1)-c1csc(n1)[C@@H](N1CC(C)(C)C1)[C@H](NC(=O)[C@H]1C[C@@H](C)O1)C(=O)N1CCC[C@H](N1)C(=O)OCC(C)(C)C2. The lowest BCUT2D eigenvalue weighted by Crippen LogP contribution is -2.66. The number of thiazole rings is 1. The van der Waals surface area contributed by atoms with Crippen LogP contribution >= 0.6 is 11.3 Å². The molecule has 0 spiro atoms. The minimum absolute atomic E-state index is 0.00532. The third-order valence-corrected chi connectivity index (χ3v) is 17.4. The van der Waals surface area contributed by atoms with Crippen LogP contribution in [0.5, 0.6) is 0 Å². The number of nitrogens with one attached hydrogen (secondary N) is 2. The van der Waals surface area contributed by atoms with Gasteiger partial charge < -0.3 is 38.5 Å². The average molecular weight is 1040 g/mol. The highest BCUT2D eigenvalue weighted by atomic mass is 32.1. The molecule has 6 atom stereocenters. The van der Waals surface area contributed by atoms with Crippen LogP contribution in [-0.2, 0) is 51.0 Å². The zero-order valence-corrected chi connectivity index (χ0v) is 45.3. The Morgan fingerprint density at radius 2 is 1.76 bits per heavy atom. The van der Waals surface area contributed by atoms with E-state index in [1.54, 1.807) is 7.11 Å². The maximum atomic E-state index is 15.1. The normalized spacial score (nSPS) is 27.5. The quantitative estimate of drug-likeness (QED) is 0.144. The molecule has 74 heavy (non-hydrogen) atoms. The van der Waals surface area contributed by atoms with Crippen molar-refractivity contribution in [2.45, 2.75) is 148 Å². The summed E-state index contributed by atoms with van der Waals surface area (Å²) in [7, 11) is 1.74. The van der Waals surface area contributed by atoms with E-state index in [0.717, 1.165) is 100 Å². The van der Waals surface area contributed by atoms with Crippen LogP contribution in [0.25, 0.3) is 33.4 Å². The summed E-state index contributed by atoms with van der Waals surface area (Å²) in [6, 6.07) is 7.35. The van der Waals surface area contributed by atoms with Gasteiger partial charge in [-0.15, -0.1) is 11.3 Å². The molecule has 6 bridgehead atoms. The fourth-order valence-corrected chi connectivity index (χ4v) is 13.3. The first-order valence-electron chi connectivity index (χ1n) is 27.4. The number of amides is 2. The second kappa shape index (κ2) is 21.1. The minimum Gasteiger partial charge on any atom is -0.464 e. The number of anilines is 1. The van der Waals surface area contributed by atoms with E-state index in [-0.39, 0.29) is 42.1 Å². The number of carbonyl (C=O) groups is 3. The molecule has 17 nitrogen and oxygen atoms in total. The van der Waals surface area contributed by atoms with E-state index in [2.05, 4.69) is 94.3 Å². The summed E-state index contributed by atoms with van der Waals surface area (Å²) in [5.74, 6) is -1.06. The Morgan fingerprint density at radius 1 is 0.986 bits per heavy atom. The molecule has 1 aromatic carbocycles. The van der Waals surface area contributed by atoms with E-state index < -0.39 is 35.6 Å². The minimum atomic E-state index is -1.01. The van der Waals surface area contributed by atoms with Crippen molar-refractivity contribution < 1.29 is 38.1 Å². The monoisotopic (exact) mass is 1040 g/mol. The van der Waals surface area contributed by atoms with Gasteiger partial charge in [0, 0.05) is 118 Å². The number of likely N-dealkylation sites (tertiary alicyclic amines) is 1. The molecule has 6 aliphatic heterocycles. The molecule has 18 heteroatoms. The predicted molar refractivity (Wildman–Crippen MR) is 284 cm³/mol. The number of rotatable bonds is 12. The molecule has 4 aromatic rings. The van der Waals surface area contributed by atoms with Crippen LogP contribution in [0.1, 0.15) is 115 Å². The summed E-state index contributed by atoms with van der Waals surface area (Å²) in [4.78, 5) is 61.5. The van der Waals surface area contributed by atoms with Crippen LogP contribution in [-0.4, -0.2) is 163 Å². The molecule has 2 N–H and O–H groups in total. The number of ether oxygens (including phenoxy) is 5. The largest absolute Gasteiger partial charge is 0.464 e. The van der Waals surface area contributed by atoms with Gasteiger partial charge in [-0.25, -0.2) is 10.4 Å². The number of methoxy groups -OCH3 is 1. The van der Waals surface area contributed by atoms with Crippen LogP contribution in [0.15, 0.2) is 35.8 Å². The second-order valence-corrected chi connectivity index (χ2v) is 24.5. The van der Waals surface area contributed by atoms with E-state index in [4.69, 9.17) is 33.7 Å². The molecule has 9 heterocycles. The van der Waals surface area contributed by atoms with Crippen LogP contribution in [0.4, 0.5) is 5.69 Å². The number of carbonyl (C=O) groups excluding carboxylic acids is 3. The van der Waals surface area contributed by atoms with E-state index in [1.165, 1.54) is 29.2 Å². The van der Waals surface area contributed by atoms with Gasteiger partial charge in [-0.2, -0.15) is 0 Å². The molecular formula is C56H77N9O8S. The lowest BCUT2D eigenvalue weighted by Gasteiger charge is -2.51. The Morgan fingerprint density at radius 3 is 2.47 bits per heavy atom. The summed E-state index contributed by atoms with van der Waals surface area (Å²) in [6.45, 7) is 21.1. The first kappa shape index (κ1) is 51.6. The van der Waals surface area contributed by atoms with Crippen molar-refractivity contribution in [1.29, 1.82) is 0 Å². The van der Waals surface area contributed by atoms with Crippen LogP contribution in [0, 0.1) is 10.8 Å². The summed E-state index contributed by atoms with van der Waals surface area (Å²) in [6.07, 6.45) is 7.73. The predicted octanol–water partition coefficient (Wildman–Crippen LogP) is 6.68. The molecule has 7 aliphatic rings. The first-order chi connectivity index (χ1) is 35.6. The molecule has 6 fully saturated rings. The summed E-state index contributed by atoms with van der Waals surface area (Å²) in [5, 5.41) is 8.58. The zero-order chi connectivity index (χ0) is 51.5. The second-order valence-electron chi connectivity index (χ2n) is 23.7. The number of nitrogens with zero attached hydrogens (tertiary/aromatic N) is 7. The Kier molecular flexibility index (Phi) is 14.7. The van der Waals surface area contributed by atoms with Gasteiger partial charge in [0.15, 0.2) is 0 Å². The summed E-state index contributed by atoms with van der Waals surface area (Å²) < 4.78 is 33.1. The van der Waals surface area contributed by atoms with Crippen LogP contribution in [0.2, 0.25) is 0 Å². The Labute approximate surface area is 439 Å². The molecule has 2 amide bonds. The fourth-order valence-electron chi connectivity index (χ4n) is 12.3. The number of cyclic esters (lactones) is 1. The number of hydrazine groups is 1. The molecule has 0 radical (unpaired) electrons. The standard InChI is InChI=1S/C56H77N9O8S/c1-34-25-46(73-34)51(66)59-48-50(63-31-56(5,6)32-63)52-58-44(30-74-52)36-10-13-45-40(26-36)42(28-55(3,4)33-72-54(68)43-9-8-16-65(60-43)53(48)67)49(64(45)21-24-71-39-14-22-70-23-15-39)41-27-38(29-57-47(41)35(2)69-7)62-19-17-61(18-20-62)37-11-12-37/h10,13,26-27,29-30,34-35,37,39,43,46,48,50,60H,8-9,11-12,14-25,28,31-33H2,1-7H3,(H,59,66)/t34-,35+,43+,46-,48+,50+/m1/s1. The topological polar surface area (TPSA) is 165 Å². The van der Waals surface area contributed by atoms with Crippen molar-refractivity contribution >= 4 is 45.7 Å². The number of aromatic nitrogens is 3. The molecule has 11 rings (SSSR count). The van der Waals surface area contributed by atoms with Gasteiger partial charge in [-0.3, -0.25) is 34.2 Å². The Bertz CT molecular complexity index is 2690. The number of piperazine rings is 1. The van der Waals surface area contributed by atoms with Gasteiger partial charge in [0.25, 0.3) is 5.91 Å². The van der Waals surface area contributed by atoms with Gasteiger partial charge in [0.2, 0.25) is 5.91 Å². The zero-order valence-electron chi connectivity index (χ0n) is 44.5. The summed E-state index contributed by atoms with van der Waals surface area (Å²) >= 11 is 1.51. The highest BCUT2D eigenvalue weighted by molar-refractivity contribution is 7.10. The lowest BCUT2D eigenvalue weighted by atomic mass is 9.82. The average Bonchev–Trinajstić information content (AvgIpc) is 4.06. The Hall–Kier alpha value is -4.53. The van der Waals surface area contributed by atoms with Crippen molar-refractivity contribution in [2.75, 3.05) is 84.3 Å². The molecule has 1 aliphatic carbocycles. The highest BCUT2D eigenvalue weighted by Crippen LogP contribution is 2.45. The van der Waals surface area contributed by atoms with Gasteiger partial charge in [-0.05, 0) is 88.0 Å². The molecule has 1 saturated carbocycles. The van der Waals surface area contributed by atoms with Gasteiger partial charge >= 0.3 is 5.97 Å². The number of benzene rings is 1. The maximum absolute atomic E-state index is 15.1. The van der Waals surface area contributed by atoms with E-state index >= 15 is 4.79 Å². The number of pyridine rings is 1. The number of hydrogen-bond acceptors (Lipinski definition) is 15. The van der Waals surface area contributed by atoms with Crippen molar-refractivity contribution in [3.8, 4) is 22.5 Å². The van der Waals surface area contributed by atoms with Gasteiger partial charge in [0.05, 0.1) is 66.5 Å².